The summed E-state index contributed by atoms with van der Waals surface area (Å²) in [5.41, 5.74) is 18.3. The lowest BCUT2D eigenvalue weighted by atomic mass is 9.98. The number of aromatic nitrogens is 18. The molecule has 0 bridgehead atoms. The van der Waals surface area contributed by atoms with Crippen molar-refractivity contribution in [1.29, 1.82) is 0 Å². The van der Waals surface area contributed by atoms with Crippen molar-refractivity contribution < 1.29 is 53.1 Å². The molecule has 0 radical (unpaired) electrons. The van der Waals surface area contributed by atoms with Gasteiger partial charge in [0.1, 0.15) is 60.0 Å². The van der Waals surface area contributed by atoms with Crippen LogP contribution in [0.25, 0.3) is 67.5 Å². The third-order valence-electron chi connectivity index (χ3n) is 18.3. The van der Waals surface area contributed by atoms with Gasteiger partial charge in [-0.05, 0) is 147 Å². The summed E-state index contributed by atoms with van der Waals surface area (Å²) in [6.07, 6.45) is 7.01. The highest BCUT2D eigenvalue weighted by Crippen LogP contribution is 2.35. The lowest BCUT2D eigenvalue weighted by Crippen LogP contribution is -2.42. The van der Waals surface area contributed by atoms with E-state index in [1.165, 1.54) is 13.8 Å². The van der Waals surface area contributed by atoms with Gasteiger partial charge < -0.3 is 59.2 Å². The van der Waals surface area contributed by atoms with Crippen molar-refractivity contribution in [2.45, 2.75) is 210 Å². The van der Waals surface area contributed by atoms with Gasteiger partial charge in [0.25, 0.3) is 0 Å². The summed E-state index contributed by atoms with van der Waals surface area (Å²) in [5.74, 6) is 2.06. The second-order valence-corrected chi connectivity index (χ2v) is 31.1. The average Bonchev–Trinajstić information content (AvgIpc) is 1.63. The molecule has 0 spiro atoms. The van der Waals surface area contributed by atoms with Crippen LogP contribution < -0.4 is 16.4 Å². The van der Waals surface area contributed by atoms with Crippen molar-refractivity contribution in [2.24, 2.45) is 5.73 Å². The predicted molar refractivity (Wildman–Crippen MR) is 469 cm³/mol. The molecule has 12 aromatic rings. The summed E-state index contributed by atoms with van der Waals surface area (Å²) in [6, 6.07) is 46.0. The number of aliphatic carboxylic acids is 1. The van der Waals surface area contributed by atoms with Gasteiger partial charge in [0, 0.05) is 55.6 Å². The number of nitrogens with one attached hydrogen (secondary N) is 5. The van der Waals surface area contributed by atoms with E-state index < -0.39 is 59.4 Å². The van der Waals surface area contributed by atoms with Gasteiger partial charge >= 0.3 is 30.1 Å². The van der Waals surface area contributed by atoms with E-state index in [1.54, 1.807) is 48.5 Å². The van der Waals surface area contributed by atoms with Crippen molar-refractivity contribution in [1.82, 2.24) is 101 Å². The number of hydrogen-bond acceptors (Lipinski definition) is 23. The molecule has 0 aliphatic carbocycles. The number of rotatable bonds is 31. The van der Waals surface area contributed by atoms with Gasteiger partial charge in [-0.15, -0.1) is 55.4 Å². The topological polar surface area (TPSA) is 430 Å². The first kappa shape index (κ1) is 97.6. The van der Waals surface area contributed by atoms with Crippen LogP contribution in [0, 0.1) is 0 Å². The summed E-state index contributed by atoms with van der Waals surface area (Å²) in [4.78, 5) is 71.6. The molecule has 650 valence electrons. The van der Waals surface area contributed by atoms with E-state index in [0.717, 1.165) is 142 Å². The largest absolute Gasteiger partial charge is 0.480 e. The fourth-order valence-corrected chi connectivity index (χ4v) is 13.0. The third kappa shape index (κ3) is 28.3. The number of aliphatic hydroxyl groups is 1. The maximum Gasteiger partial charge on any atom is 0.408 e. The summed E-state index contributed by atoms with van der Waals surface area (Å²) in [6.45, 7) is 22.7. The highest BCUT2D eigenvalue weighted by atomic mass is 35.5. The number of carboxylic acid groups (broad SMARTS) is 1. The molecule has 37 heteroatoms. The number of aromatic amines is 3. The molecule has 6 aromatic heterocycles. The van der Waals surface area contributed by atoms with Gasteiger partial charge in [-0.3, -0.25) is 9.59 Å². The molecule has 0 saturated carbocycles. The number of ether oxygens (including phenoxy) is 4. The molecule has 3 atom stereocenters. The highest BCUT2D eigenvalue weighted by Gasteiger charge is 2.27. The number of carboxylic acids is 1. The number of esters is 2. The maximum atomic E-state index is 12.7. The van der Waals surface area contributed by atoms with Crippen LogP contribution in [0.4, 0.5) is 9.59 Å². The number of nitrogens with two attached hydrogens (primary N) is 1. The molecule has 122 heavy (non-hydrogen) atoms. The van der Waals surface area contributed by atoms with E-state index in [2.05, 4.69) is 157 Å². The van der Waals surface area contributed by atoms with Crippen LogP contribution >= 0.6 is 59.6 Å². The second-order valence-electron chi connectivity index (χ2n) is 30.0. The monoisotopic (exact) mass is 1770 g/mol. The molecular formula is C85H104Cl5N21O11. The zero-order valence-corrected chi connectivity index (χ0v) is 73.9. The van der Waals surface area contributed by atoms with Crippen molar-refractivity contribution in [3.05, 3.63) is 212 Å². The minimum absolute atomic E-state index is 0. The fraction of sp³-hybridized carbons (Fsp3) is 0.376. The predicted octanol–water partition coefficient (Wildman–Crippen LogP) is 16.0. The molecule has 0 saturated heterocycles. The number of benzene rings is 6. The highest BCUT2D eigenvalue weighted by molar-refractivity contribution is 6.30. The van der Waals surface area contributed by atoms with Crippen molar-refractivity contribution in [3.63, 3.8) is 0 Å². The molecule has 0 fully saturated rings. The van der Waals surface area contributed by atoms with Crippen LogP contribution in [-0.4, -0.2) is 160 Å². The molecule has 2 amide bonds. The first-order valence-electron chi connectivity index (χ1n) is 39.4. The molecular weight excluding hydrogens is 1670 g/mol. The van der Waals surface area contributed by atoms with Crippen LogP contribution in [0.3, 0.4) is 0 Å². The Morgan fingerprint density at radius 2 is 0.746 bits per heavy atom. The van der Waals surface area contributed by atoms with Gasteiger partial charge in [-0.1, -0.05) is 220 Å². The van der Waals surface area contributed by atoms with Crippen molar-refractivity contribution >= 4 is 89.7 Å². The Bertz CT molecular complexity index is 5290. The number of aryl methyl sites for hydroxylation is 3. The van der Waals surface area contributed by atoms with Gasteiger partial charge in [0.2, 0.25) is 17.5 Å². The van der Waals surface area contributed by atoms with Crippen LogP contribution in [0.5, 0.6) is 0 Å². The van der Waals surface area contributed by atoms with E-state index in [1.807, 2.05) is 111 Å². The number of H-pyrrole nitrogens is 3. The molecule has 6 heterocycles. The van der Waals surface area contributed by atoms with Gasteiger partial charge in [-0.2, -0.15) is 15.6 Å². The van der Waals surface area contributed by atoms with E-state index in [9.17, 15) is 29.1 Å². The Morgan fingerprint density at radius 3 is 1.02 bits per heavy atom. The Kier molecular flexibility index (Phi) is 37.6. The Morgan fingerprint density at radius 1 is 0.451 bits per heavy atom. The molecule has 0 aliphatic rings. The number of carbonyl (C=O) groups is 5. The van der Waals surface area contributed by atoms with E-state index >= 15 is 0 Å². The number of alkyl carbamates (subject to hydrolysis) is 2. The van der Waals surface area contributed by atoms with Crippen molar-refractivity contribution in [3.8, 4) is 67.5 Å². The molecule has 12 rings (SSSR count). The lowest BCUT2D eigenvalue weighted by molar-refractivity contribution is -0.147. The number of amides is 2. The normalized spacial score (nSPS) is 11.8. The SMILES string of the molecule is CCCCc1nc(Cl)c(CO)n1Cc1ccc(-c2ccccc2-c2nn[nH]n2)cc1.CCCCc1nc(Cl)c(COC(=O)[C@H](C)N)n1Cc1ccc(-c2ccccc2-c2nn[nH]n2)cc1.CCCCc1nc(Cl)c(COC(=O)[C@H](C)NC(=O)OC(C)(C)C)n1Cc1ccc(-c2ccccc2-c2nn[nH]n2)cc1.C[C@H](NC(=O)OC(C)(C)C)C(=O)O.Cl.Cl. The molecule has 0 aliphatic heterocycles. The number of halogens is 5. The fourth-order valence-electron chi connectivity index (χ4n) is 12.2. The first-order valence-corrected chi connectivity index (χ1v) is 40.5. The zero-order chi connectivity index (χ0) is 86.6. The van der Waals surface area contributed by atoms with Crippen LogP contribution in [-0.2, 0) is 92.0 Å². The van der Waals surface area contributed by atoms with E-state index in [0.29, 0.717) is 64.5 Å². The summed E-state index contributed by atoms with van der Waals surface area (Å²) in [7, 11) is 0. The molecule has 6 aromatic carbocycles. The maximum absolute atomic E-state index is 12.7. The first-order chi connectivity index (χ1) is 57.5. The molecule has 0 unspecified atom stereocenters. The Hall–Kier alpha value is -11.5. The minimum Gasteiger partial charge on any atom is -0.480 e. The number of hydrogen-bond donors (Lipinski definition) is 8. The lowest BCUT2D eigenvalue weighted by Gasteiger charge is -2.21. The summed E-state index contributed by atoms with van der Waals surface area (Å²) in [5, 5.41) is 67.2. The summed E-state index contributed by atoms with van der Waals surface area (Å²) < 4.78 is 27.0. The minimum atomic E-state index is -1.09. The standard InChI is InChI=1S/C30H36ClN7O4.C25H28ClN7O2.C22H23ClN6O.C8H15NO4.2ClH/c1-6-7-12-25-33-26(31)24(18-41-28(39)19(2)32-29(40)42-30(3,4)5)38(25)17-20-13-15-21(16-14-20)22-10-8-9-11-23(22)27-34-36-37-35-27;1-3-4-9-22-28-23(26)21(15-35-25(34)16(2)27)33(22)14-17-10-12-18(13-11-17)19-7-5-6-8-20(19)24-29-31-32-30-24;1-2-3-8-20-24-21(23)19(14-30)29(20)13-15-9-11-16(12-10-15)17-6-4-5-7-18(17)22-25-27-28-26-22;1-5(6(10)11)9-7(12)13-8(2,3)4;;/h8-11,13-16,19H,6-7,12,17-18H2,1-5H3,(H,32,40)(H,34,35,36,37);5-8,10-13,16H,3-4,9,14-15,27H2,1-2H3,(H,29,30,31,32);4-7,9-12,30H,2-3,8,13-14H2,1H3,(H,25,26,27,28);5H,1-4H3,(H,9,12)(H,10,11);2*1H/t19-;16-;;5-;;/m00.0../s1. The molecule has 32 nitrogen and oxygen atoms in total. The zero-order valence-electron chi connectivity index (χ0n) is 70.0. The smallest absolute Gasteiger partial charge is 0.408 e. The van der Waals surface area contributed by atoms with Gasteiger partial charge in [0.05, 0.1) is 23.7 Å². The van der Waals surface area contributed by atoms with Gasteiger partial charge in [0.15, 0.2) is 15.5 Å². The summed E-state index contributed by atoms with van der Waals surface area (Å²) >= 11 is 19.3. The number of tetrazole rings is 3. The average molecular weight is 1770 g/mol. The Labute approximate surface area is 734 Å². The number of imidazole rings is 3. The molecule has 9 N–H and O–H groups in total. The number of carbonyl (C=O) groups excluding carboxylic acids is 4. The quantitative estimate of drug-likeness (QED) is 0.0148. The second kappa shape index (κ2) is 47.0. The van der Waals surface area contributed by atoms with Crippen LogP contribution in [0.1, 0.15) is 173 Å². The van der Waals surface area contributed by atoms with Gasteiger partial charge in [-0.25, -0.2) is 29.3 Å². The van der Waals surface area contributed by atoms with E-state index in [4.69, 9.17) is 64.6 Å². The number of nitrogens with zero attached hydrogens (tertiary/aromatic N) is 15. The number of unbranched alkanes of at least 4 members (excludes halogenated alkanes) is 3. The Balaban J connectivity index is 0.000000235. The van der Waals surface area contributed by atoms with Crippen molar-refractivity contribution in [2.75, 3.05) is 0 Å². The van der Waals surface area contributed by atoms with Crippen LogP contribution in [0.15, 0.2) is 146 Å². The number of aliphatic hydroxyl groups excluding tert-OH is 1. The van der Waals surface area contributed by atoms with Crippen LogP contribution in [0.2, 0.25) is 15.5 Å². The third-order valence-corrected chi connectivity index (χ3v) is 19.2. The van der Waals surface area contributed by atoms with E-state index in [-0.39, 0.29) is 49.8 Å².